The molecule has 0 heterocycles. The predicted molar refractivity (Wildman–Crippen MR) is 101 cm³/mol. The van der Waals surface area contributed by atoms with Crippen molar-refractivity contribution in [2.75, 3.05) is 0 Å². The Bertz CT molecular complexity index is 1290. The second-order valence-corrected chi connectivity index (χ2v) is 6.39. The van der Waals surface area contributed by atoms with Crippen LogP contribution in [0.3, 0.4) is 0 Å². The summed E-state index contributed by atoms with van der Waals surface area (Å²) in [4.78, 5) is 0. The first-order valence-electron chi connectivity index (χ1n) is 8.23. The minimum Gasteiger partial charge on any atom is -0.0616 e. The van der Waals surface area contributed by atoms with Crippen LogP contribution >= 0.6 is 0 Å². The van der Waals surface area contributed by atoms with Crippen molar-refractivity contribution in [1.82, 2.24) is 0 Å². The van der Waals surface area contributed by atoms with Gasteiger partial charge in [-0.3, -0.25) is 0 Å². The molecule has 0 nitrogen and oxygen atoms in total. The Balaban J connectivity index is 2.01. The van der Waals surface area contributed by atoms with E-state index >= 15 is 0 Å². The van der Waals surface area contributed by atoms with Crippen molar-refractivity contribution in [3.8, 4) is 22.3 Å². The molecule has 0 aliphatic heterocycles. The van der Waals surface area contributed by atoms with Crippen LogP contribution in [0.2, 0.25) is 0 Å². The molecule has 0 fully saturated rings. The summed E-state index contributed by atoms with van der Waals surface area (Å²) in [6, 6.07) is 33.1. The lowest BCUT2D eigenvalue weighted by atomic mass is 9.93. The van der Waals surface area contributed by atoms with Crippen molar-refractivity contribution in [2.24, 2.45) is 0 Å². The molecule has 0 atom stereocenters. The van der Waals surface area contributed by atoms with Crippen molar-refractivity contribution in [1.29, 1.82) is 0 Å². The first-order valence-corrected chi connectivity index (χ1v) is 8.23. The molecule has 0 unspecified atom stereocenters. The molecule has 5 aromatic carbocycles. The number of benzene rings is 5. The summed E-state index contributed by atoms with van der Waals surface area (Å²) in [6.07, 6.45) is 0. The lowest BCUT2D eigenvalue weighted by Gasteiger charge is -2.10. The molecule has 0 heteroatoms. The van der Waals surface area contributed by atoms with E-state index < -0.39 is 0 Å². The van der Waals surface area contributed by atoms with Gasteiger partial charge in [-0.05, 0) is 66.7 Å². The van der Waals surface area contributed by atoms with Gasteiger partial charge < -0.3 is 0 Å². The maximum absolute atomic E-state index is 3.69. The van der Waals surface area contributed by atoms with Crippen LogP contribution in [0.4, 0.5) is 0 Å². The van der Waals surface area contributed by atoms with Crippen molar-refractivity contribution < 1.29 is 0 Å². The average molecular weight is 300 g/mol. The quantitative estimate of drug-likeness (QED) is 0.225. The highest BCUT2D eigenvalue weighted by atomic mass is 14.3. The summed E-state index contributed by atoms with van der Waals surface area (Å²) in [5, 5.41) is 7.36. The molecule has 0 spiro atoms. The van der Waals surface area contributed by atoms with Gasteiger partial charge >= 0.3 is 0 Å². The van der Waals surface area contributed by atoms with Gasteiger partial charge in [0.15, 0.2) is 0 Å². The van der Waals surface area contributed by atoms with Gasteiger partial charge in [0.05, 0.1) is 0 Å². The van der Waals surface area contributed by atoms with Crippen molar-refractivity contribution in [3.63, 3.8) is 0 Å². The van der Waals surface area contributed by atoms with E-state index in [0.717, 1.165) is 5.39 Å². The summed E-state index contributed by atoms with van der Waals surface area (Å²) in [7, 11) is 0. The summed E-state index contributed by atoms with van der Waals surface area (Å²) >= 11 is 0. The molecule has 0 N–H and O–H groups in total. The van der Waals surface area contributed by atoms with Gasteiger partial charge in [-0.2, -0.15) is 0 Å². The van der Waals surface area contributed by atoms with E-state index in [1.165, 1.54) is 49.2 Å². The summed E-state index contributed by atoms with van der Waals surface area (Å²) in [6.45, 7) is 0. The Morgan fingerprint density at radius 3 is 2.00 bits per heavy atom. The Morgan fingerprint density at radius 2 is 1.17 bits per heavy atom. The van der Waals surface area contributed by atoms with Crippen molar-refractivity contribution in [2.45, 2.75) is 0 Å². The lowest BCUT2D eigenvalue weighted by Crippen LogP contribution is -1.84. The molecule has 0 saturated carbocycles. The summed E-state index contributed by atoms with van der Waals surface area (Å²) in [5.41, 5.74) is 5.16. The third kappa shape index (κ3) is 1.39. The molecule has 2 radical (unpaired) electrons. The van der Waals surface area contributed by atoms with Crippen LogP contribution in [0.5, 0.6) is 0 Å². The fourth-order valence-electron chi connectivity index (χ4n) is 4.13. The minimum atomic E-state index is 1.16. The third-order valence-corrected chi connectivity index (χ3v) is 5.13. The van der Waals surface area contributed by atoms with Crippen LogP contribution in [0.25, 0.3) is 54.6 Å². The first kappa shape index (κ1) is 12.3. The number of hydrogen-bond donors (Lipinski definition) is 0. The molecule has 0 saturated heterocycles. The highest BCUT2D eigenvalue weighted by molar-refractivity contribution is 6.28. The van der Waals surface area contributed by atoms with E-state index in [4.69, 9.17) is 0 Å². The molecule has 0 bridgehead atoms. The molecular formula is C24H12. The maximum atomic E-state index is 3.69. The van der Waals surface area contributed by atoms with E-state index in [2.05, 4.69) is 84.9 Å². The van der Waals surface area contributed by atoms with E-state index in [-0.39, 0.29) is 0 Å². The highest BCUT2D eigenvalue weighted by Gasteiger charge is 2.24. The van der Waals surface area contributed by atoms with Gasteiger partial charge in [-0.1, -0.05) is 72.8 Å². The fourth-order valence-corrected chi connectivity index (χ4v) is 4.13. The molecule has 5 aromatic rings. The predicted octanol–water partition coefficient (Wildman–Crippen LogP) is 6.39. The monoisotopic (exact) mass is 300 g/mol. The van der Waals surface area contributed by atoms with E-state index in [9.17, 15) is 0 Å². The minimum absolute atomic E-state index is 1.16. The smallest absolute Gasteiger partial charge is 0.0000929 e. The Labute approximate surface area is 140 Å². The maximum Gasteiger partial charge on any atom is -0.0000929 e. The van der Waals surface area contributed by atoms with Crippen LogP contribution in [-0.4, -0.2) is 0 Å². The van der Waals surface area contributed by atoms with Gasteiger partial charge in [0, 0.05) is 0 Å². The molecule has 1 aliphatic rings. The zero-order valence-electron chi connectivity index (χ0n) is 12.9. The topological polar surface area (TPSA) is 0 Å². The van der Waals surface area contributed by atoms with Gasteiger partial charge in [0.25, 0.3) is 0 Å². The molecule has 108 valence electrons. The SMILES string of the molecule is [c]1c2c3c(c4ccccc4[c]c3c3ccccc13)-c1ccccc1-2. The Kier molecular flexibility index (Phi) is 2.18. The van der Waals surface area contributed by atoms with Gasteiger partial charge in [-0.25, -0.2) is 0 Å². The molecule has 0 amide bonds. The molecule has 0 aromatic heterocycles. The van der Waals surface area contributed by atoms with E-state index in [1.807, 2.05) is 0 Å². The summed E-state index contributed by atoms with van der Waals surface area (Å²) in [5.74, 6) is 0. The Morgan fingerprint density at radius 1 is 0.542 bits per heavy atom. The summed E-state index contributed by atoms with van der Waals surface area (Å²) < 4.78 is 0. The van der Waals surface area contributed by atoms with Gasteiger partial charge in [0.1, 0.15) is 0 Å². The lowest BCUT2D eigenvalue weighted by molar-refractivity contribution is 1.70. The molecule has 6 rings (SSSR count). The zero-order chi connectivity index (χ0) is 15.7. The fraction of sp³-hybridized carbons (Fsp3) is 0. The highest BCUT2D eigenvalue weighted by Crippen LogP contribution is 2.51. The van der Waals surface area contributed by atoms with Gasteiger partial charge in [0.2, 0.25) is 0 Å². The number of rotatable bonds is 0. The van der Waals surface area contributed by atoms with Crippen LogP contribution < -0.4 is 0 Å². The first-order chi connectivity index (χ1) is 11.9. The number of fused-ring (bicyclic) bond motifs is 7. The number of hydrogen-bond acceptors (Lipinski definition) is 0. The van der Waals surface area contributed by atoms with Crippen molar-refractivity contribution in [3.05, 3.63) is 84.9 Å². The zero-order valence-corrected chi connectivity index (χ0v) is 12.9. The standard InChI is InChI=1S/C24H12/c1-3-9-17-15(7-1)13-22-19-11-5-6-12-20(19)23-18-10-4-2-8-16(18)14-21(17)24(22)23/h1-12H. The van der Waals surface area contributed by atoms with Crippen LogP contribution in [0, 0.1) is 12.1 Å². The molecular weight excluding hydrogens is 288 g/mol. The molecule has 1 aliphatic carbocycles. The second kappa shape index (κ2) is 4.24. The van der Waals surface area contributed by atoms with E-state index in [0.29, 0.717) is 0 Å². The van der Waals surface area contributed by atoms with Crippen LogP contribution in [-0.2, 0) is 0 Å². The normalized spacial score (nSPS) is 12.2. The van der Waals surface area contributed by atoms with Gasteiger partial charge in [-0.15, -0.1) is 0 Å². The van der Waals surface area contributed by atoms with Crippen molar-refractivity contribution >= 4 is 32.3 Å². The van der Waals surface area contributed by atoms with E-state index in [1.54, 1.807) is 0 Å². The Hall–Kier alpha value is -3.12. The third-order valence-electron chi connectivity index (χ3n) is 5.13. The largest absolute Gasteiger partial charge is 0.0616 e. The van der Waals surface area contributed by atoms with Crippen LogP contribution in [0.1, 0.15) is 0 Å². The molecule has 24 heavy (non-hydrogen) atoms. The van der Waals surface area contributed by atoms with Crippen LogP contribution in [0.15, 0.2) is 72.8 Å². The second-order valence-electron chi connectivity index (χ2n) is 6.39. The average Bonchev–Trinajstić information content (AvgIpc) is 2.98.